The number of hydrogen-bond donors (Lipinski definition) is 1. The summed E-state index contributed by atoms with van der Waals surface area (Å²) in [4.78, 5) is 31.3. The van der Waals surface area contributed by atoms with E-state index in [0.29, 0.717) is 43.2 Å². The molecule has 1 amide bonds. The van der Waals surface area contributed by atoms with E-state index in [0.717, 1.165) is 10.9 Å². The number of amides is 1. The van der Waals surface area contributed by atoms with Crippen molar-refractivity contribution in [1.82, 2.24) is 9.88 Å². The number of aromatic nitrogens is 1. The molecule has 2 fully saturated rings. The molecule has 0 unspecified atom stereocenters. The van der Waals surface area contributed by atoms with Crippen molar-refractivity contribution < 1.29 is 24.2 Å². The van der Waals surface area contributed by atoms with Gasteiger partial charge in [0, 0.05) is 37.1 Å². The van der Waals surface area contributed by atoms with Crippen LogP contribution in [-0.2, 0) is 9.53 Å². The van der Waals surface area contributed by atoms with Gasteiger partial charge in [-0.25, -0.2) is 0 Å². The van der Waals surface area contributed by atoms with Crippen LogP contribution in [0.1, 0.15) is 22.5 Å². The number of nitrogens with zero attached hydrogens (tertiary/aromatic N) is 2. The fourth-order valence-electron chi connectivity index (χ4n) is 4.21. The quantitative estimate of drug-likeness (QED) is 0.890. The van der Waals surface area contributed by atoms with Crippen LogP contribution in [0.15, 0.2) is 24.3 Å². The van der Waals surface area contributed by atoms with Gasteiger partial charge in [0.2, 0.25) is 0 Å². The second kappa shape index (κ2) is 6.49. The van der Waals surface area contributed by atoms with E-state index in [1.807, 2.05) is 24.3 Å². The zero-order valence-electron chi connectivity index (χ0n) is 15.4. The average molecular weight is 370 g/mol. The van der Waals surface area contributed by atoms with Crippen LogP contribution in [0.2, 0.25) is 0 Å². The van der Waals surface area contributed by atoms with Gasteiger partial charge in [-0.05, 0) is 31.5 Å². The summed E-state index contributed by atoms with van der Waals surface area (Å²) < 4.78 is 10.7. The summed E-state index contributed by atoms with van der Waals surface area (Å²) in [7, 11) is 1.60. The van der Waals surface area contributed by atoms with Crippen molar-refractivity contribution in [1.29, 1.82) is 0 Å². The Bertz CT molecular complexity index is 928. The third-order valence-corrected chi connectivity index (χ3v) is 5.87. The third-order valence-electron chi connectivity index (χ3n) is 5.87. The lowest BCUT2D eigenvalue weighted by molar-refractivity contribution is -0.157. The van der Waals surface area contributed by atoms with Crippen molar-refractivity contribution in [2.24, 2.45) is 11.3 Å². The fourth-order valence-corrected chi connectivity index (χ4v) is 4.21. The Morgan fingerprint density at radius 1 is 1.37 bits per heavy atom. The highest BCUT2D eigenvalue weighted by Crippen LogP contribution is 2.43. The minimum absolute atomic E-state index is 0.173. The van der Waals surface area contributed by atoms with E-state index in [9.17, 15) is 14.7 Å². The maximum atomic E-state index is 13.2. The van der Waals surface area contributed by atoms with Crippen molar-refractivity contribution in [3.63, 3.8) is 0 Å². The lowest BCUT2D eigenvalue weighted by atomic mass is 9.74. The first-order valence-electron chi connectivity index (χ1n) is 9.00. The van der Waals surface area contributed by atoms with Crippen molar-refractivity contribution in [2.45, 2.75) is 13.3 Å². The molecule has 1 aromatic heterocycles. The molecule has 2 aliphatic heterocycles. The minimum atomic E-state index is -0.903. The molecule has 1 aromatic carbocycles. The SMILES string of the molecule is COc1ccc2cc(C(=O)N3C[C@H]4COCC[C@@]4(C(=O)O)C3)c(C)nc2c1. The highest BCUT2D eigenvalue weighted by Gasteiger charge is 2.55. The number of carbonyl (C=O) groups excluding carboxylic acids is 1. The van der Waals surface area contributed by atoms with Crippen LogP contribution in [0.25, 0.3) is 10.9 Å². The lowest BCUT2D eigenvalue weighted by Gasteiger charge is -2.33. The number of carboxylic acid groups (broad SMARTS) is 1. The van der Waals surface area contributed by atoms with Crippen molar-refractivity contribution in [3.8, 4) is 5.75 Å². The Kier molecular flexibility index (Phi) is 4.26. The van der Waals surface area contributed by atoms with Crippen molar-refractivity contribution in [2.75, 3.05) is 33.4 Å². The zero-order valence-corrected chi connectivity index (χ0v) is 15.4. The summed E-state index contributed by atoms with van der Waals surface area (Å²) in [6, 6.07) is 7.35. The summed E-state index contributed by atoms with van der Waals surface area (Å²) in [5.74, 6) is -0.481. The summed E-state index contributed by atoms with van der Waals surface area (Å²) in [6.45, 7) is 3.21. The van der Waals surface area contributed by atoms with Gasteiger partial charge in [-0.2, -0.15) is 0 Å². The van der Waals surface area contributed by atoms with Gasteiger partial charge in [-0.3, -0.25) is 14.6 Å². The van der Waals surface area contributed by atoms with Gasteiger partial charge < -0.3 is 19.5 Å². The summed E-state index contributed by atoms with van der Waals surface area (Å²) in [5, 5.41) is 10.6. The van der Waals surface area contributed by atoms with E-state index in [1.54, 1.807) is 18.9 Å². The second-order valence-corrected chi connectivity index (χ2v) is 7.35. The Labute approximate surface area is 156 Å². The van der Waals surface area contributed by atoms with Crippen molar-refractivity contribution in [3.05, 3.63) is 35.5 Å². The number of ether oxygens (including phenoxy) is 2. The number of carboxylic acids is 1. The maximum Gasteiger partial charge on any atom is 0.311 e. The number of fused-ring (bicyclic) bond motifs is 2. The molecule has 142 valence electrons. The third kappa shape index (κ3) is 2.82. The number of pyridine rings is 1. The highest BCUT2D eigenvalue weighted by molar-refractivity contribution is 5.99. The van der Waals surface area contributed by atoms with Gasteiger partial charge in [0.25, 0.3) is 5.91 Å². The van der Waals surface area contributed by atoms with Crippen LogP contribution in [0.5, 0.6) is 5.75 Å². The number of benzene rings is 1. The molecule has 3 heterocycles. The predicted octanol–water partition coefficient (Wildman–Crippen LogP) is 2.12. The normalized spacial score (nSPS) is 24.7. The minimum Gasteiger partial charge on any atom is -0.497 e. The van der Waals surface area contributed by atoms with Crippen LogP contribution in [0.3, 0.4) is 0 Å². The summed E-state index contributed by atoms with van der Waals surface area (Å²) in [6.07, 6.45) is 0.436. The molecule has 0 bridgehead atoms. The van der Waals surface area contributed by atoms with Gasteiger partial charge >= 0.3 is 5.97 Å². The molecule has 2 aromatic rings. The standard InChI is InChI=1S/C20H22N2O5/c1-12-16(7-13-3-4-15(26-2)8-17(13)21-12)18(23)22-9-14-10-27-6-5-20(14,11-22)19(24)25/h3-4,7-8,14H,5-6,9-11H2,1-2H3,(H,24,25)/t14-,20+/m0/s1. The molecule has 2 saturated heterocycles. The zero-order chi connectivity index (χ0) is 19.2. The van der Waals surface area contributed by atoms with E-state index in [2.05, 4.69) is 4.98 Å². The number of hydrogen-bond acceptors (Lipinski definition) is 5. The van der Waals surface area contributed by atoms with Gasteiger partial charge in [0.15, 0.2) is 0 Å². The molecule has 2 atom stereocenters. The van der Waals surface area contributed by atoms with E-state index in [1.165, 1.54) is 0 Å². The van der Waals surface area contributed by atoms with Crippen LogP contribution < -0.4 is 4.74 Å². The van der Waals surface area contributed by atoms with Gasteiger partial charge in [0.1, 0.15) is 5.75 Å². The Morgan fingerprint density at radius 3 is 2.89 bits per heavy atom. The highest BCUT2D eigenvalue weighted by atomic mass is 16.5. The first kappa shape index (κ1) is 17.7. The van der Waals surface area contributed by atoms with Crippen molar-refractivity contribution >= 4 is 22.8 Å². The number of carbonyl (C=O) groups is 2. The van der Waals surface area contributed by atoms with E-state index < -0.39 is 11.4 Å². The fraction of sp³-hybridized carbons (Fsp3) is 0.450. The molecule has 0 saturated carbocycles. The first-order valence-corrected chi connectivity index (χ1v) is 9.00. The number of aliphatic carboxylic acids is 1. The number of aryl methyl sites for hydroxylation is 1. The molecule has 2 aliphatic rings. The summed E-state index contributed by atoms with van der Waals surface area (Å²) in [5.41, 5.74) is 0.984. The van der Waals surface area contributed by atoms with Gasteiger partial charge in [-0.1, -0.05) is 0 Å². The van der Waals surface area contributed by atoms with Crippen LogP contribution in [0.4, 0.5) is 0 Å². The van der Waals surface area contributed by atoms with Gasteiger partial charge in [0.05, 0.1) is 35.9 Å². The Hall–Kier alpha value is -2.67. The monoisotopic (exact) mass is 370 g/mol. The van der Waals surface area contributed by atoms with Gasteiger partial charge in [-0.15, -0.1) is 0 Å². The van der Waals surface area contributed by atoms with E-state index in [4.69, 9.17) is 9.47 Å². The molecule has 0 radical (unpaired) electrons. The van der Waals surface area contributed by atoms with E-state index in [-0.39, 0.29) is 18.4 Å². The van der Waals surface area contributed by atoms with Crippen LogP contribution in [-0.4, -0.2) is 60.3 Å². The summed E-state index contributed by atoms with van der Waals surface area (Å²) >= 11 is 0. The second-order valence-electron chi connectivity index (χ2n) is 7.35. The smallest absolute Gasteiger partial charge is 0.311 e. The maximum absolute atomic E-state index is 13.2. The molecular formula is C20H22N2O5. The lowest BCUT2D eigenvalue weighted by Crippen LogP contribution is -2.45. The number of rotatable bonds is 3. The molecule has 0 spiro atoms. The molecule has 0 aliphatic carbocycles. The topological polar surface area (TPSA) is 89.0 Å². The number of methoxy groups -OCH3 is 1. The molecule has 1 N–H and O–H groups in total. The molecule has 27 heavy (non-hydrogen) atoms. The average Bonchev–Trinajstić information content (AvgIpc) is 3.07. The molecule has 7 nitrogen and oxygen atoms in total. The molecular weight excluding hydrogens is 348 g/mol. The first-order chi connectivity index (χ1) is 12.9. The number of likely N-dealkylation sites (tertiary alicyclic amines) is 1. The largest absolute Gasteiger partial charge is 0.497 e. The predicted molar refractivity (Wildman–Crippen MR) is 97.9 cm³/mol. The van der Waals surface area contributed by atoms with E-state index >= 15 is 0 Å². The molecule has 7 heteroatoms. The Balaban J connectivity index is 1.67. The molecule has 4 rings (SSSR count). The Morgan fingerprint density at radius 2 is 2.19 bits per heavy atom. The van der Waals surface area contributed by atoms with Crippen LogP contribution >= 0.6 is 0 Å². The van der Waals surface area contributed by atoms with Crippen LogP contribution in [0, 0.1) is 18.3 Å².